The first kappa shape index (κ1) is 14.3. The van der Waals surface area contributed by atoms with Crippen LogP contribution in [0.15, 0.2) is 26.2 Å². The monoisotopic (exact) mass is 300 g/mol. The van der Waals surface area contributed by atoms with Crippen LogP contribution in [-0.2, 0) is 16.6 Å². The van der Waals surface area contributed by atoms with Crippen LogP contribution >= 0.6 is 11.8 Å². The third-order valence-electron chi connectivity index (χ3n) is 2.58. The molecular formula is C12H16N2O3S2. The Kier molecular flexibility index (Phi) is 4.81. The molecule has 0 aliphatic heterocycles. The van der Waals surface area contributed by atoms with E-state index in [0.717, 1.165) is 5.75 Å². The van der Waals surface area contributed by atoms with Crippen LogP contribution in [0.3, 0.4) is 0 Å². The third kappa shape index (κ3) is 3.48. The number of hydrogen-bond donors (Lipinski definition) is 0. The van der Waals surface area contributed by atoms with Crippen molar-refractivity contribution in [2.75, 3.05) is 5.75 Å². The number of thioether (sulfide) groups is 1. The molecule has 5 nitrogen and oxygen atoms in total. The smallest absolute Gasteiger partial charge is 0.239 e. The van der Waals surface area contributed by atoms with E-state index in [1.165, 1.54) is 6.26 Å². The van der Waals surface area contributed by atoms with Gasteiger partial charge in [-0.05, 0) is 25.7 Å². The fourth-order valence-corrected chi connectivity index (χ4v) is 3.43. The van der Waals surface area contributed by atoms with E-state index in [4.69, 9.17) is 8.94 Å². The molecule has 0 aliphatic rings. The summed E-state index contributed by atoms with van der Waals surface area (Å²) >= 11 is 1.74. The highest BCUT2D eigenvalue weighted by Gasteiger charge is 2.17. The minimum atomic E-state index is -1.22. The average Bonchev–Trinajstić information content (AvgIpc) is 2.98. The van der Waals surface area contributed by atoms with Gasteiger partial charge in [-0.15, -0.1) is 0 Å². The number of aromatic nitrogens is 2. The number of aryl methyl sites for hydroxylation is 1. The molecule has 0 N–H and O–H groups in total. The molecule has 0 spiro atoms. The first-order valence-electron chi connectivity index (χ1n) is 5.98. The summed E-state index contributed by atoms with van der Waals surface area (Å²) in [4.78, 5) is 4.96. The van der Waals surface area contributed by atoms with E-state index < -0.39 is 10.8 Å². The summed E-state index contributed by atoms with van der Waals surface area (Å²) in [5.41, 5.74) is 0. The van der Waals surface area contributed by atoms with Crippen molar-refractivity contribution in [2.45, 2.75) is 36.7 Å². The van der Waals surface area contributed by atoms with Crippen molar-refractivity contribution >= 4 is 22.6 Å². The summed E-state index contributed by atoms with van der Waals surface area (Å²) in [7, 11) is -1.22. The van der Waals surface area contributed by atoms with E-state index in [-0.39, 0.29) is 11.0 Å². The number of hydrogen-bond acceptors (Lipinski definition) is 6. The van der Waals surface area contributed by atoms with E-state index in [1.54, 1.807) is 24.8 Å². The zero-order chi connectivity index (χ0) is 13.8. The molecule has 104 valence electrons. The molecular weight excluding hydrogens is 284 g/mol. The van der Waals surface area contributed by atoms with Gasteiger partial charge in [-0.3, -0.25) is 4.21 Å². The van der Waals surface area contributed by atoms with Crippen molar-refractivity contribution in [1.29, 1.82) is 0 Å². The predicted molar refractivity (Wildman–Crippen MR) is 74.4 cm³/mol. The van der Waals surface area contributed by atoms with Crippen LogP contribution in [0.1, 0.15) is 36.6 Å². The molecule has 7 heteroatoms. The highest BCUT2D eigenvalue weighted by atomic mass is 32.2. The molecule has 2 aromatic rings. The van der Waals surface area contributed by atoms with Gasteiger partial charge in [0.1, 0.15) is 11.5 Å². The zero-order valence-corrected chi connectivity index (χ0v) is 12.7. The van der Waals surface area contributed by atoms with E-state index >= 15 is 0 Å². The van der Waals surface area contributed by atoms with Crippen LogP contribution in [-0.4, -0.2) is 20.1 Å². The first-order valence-corrected chi connectivity index (χ1v) is 8.35. The van der Waals surface area contributed by atoms with Gasteiger partial charge < -0.3 is 8.94 Å². The van der Waals surface area contributed by atoms with Gasteiger partial charge in [-0.1, -0.05) is 12.1 Å². The molecule has 0 aromatic carbocycles. The van der Waals surface area contributed by atoms with Gasteiger partial charge in [0, 0.05) is 0 Å². The molecule has 2 heterocycles. The fourth-order valence-electron chi connectivity index (χ4n) is 1.62. The average molecular weight is 300 g/mol. The molecule has 2 atom stereocenters. The summed E-state index contributed by atoms with van der Waals surface area (Å²) in [5.74, 6) is 2.93. The highest BCUT2D eigenvalue weighted by Crippen LogP contribution is 2.25. The molecule has 2 rings (SSSR count). The minimum Gasteiger partial charge on any atom is -0.468 e. The summed E-state index contributed by atoms with van der Waals surface area (Å²) in [6, 6.07) is 1.71. The van der Waals surface area contributed by atoms with Gasteiger partial charge in [-0.25, -0.2) is 0 Å². The summed E-state index contributed by atoms with van der Waals surface area (Å²) in [6.45, 7) is 5.89. The molecule has 0 saturated carbocycles. The van der Waals surface area contributed by atoms with Crippen LogP contribution in [0.4, 0.5) is 0 Å². The van der Waals surface area contributed by atoms with Crippen molar-refractivity contribution in [3.8, 4) is 0 Å². The molecule has 2 aromatic heterocycles. The molecule has 0 radical (unpaired) electrons. The largest absolute Gasteiger partial charge is 0.468 e. The van der Waals surface area contributed by atoms with Gasteiger partial charge in [0.25, 0.3) is 0 Å². The van der Waals surface area contributed by atoms with Crippen LogP contribution in [0.5, 0.6) is 0 Å². The van der Waals surface area contributed by atoms with Crippen molar-refractivity contribution < 1.29 is 13.1 Å². The Balaban J connectivity index is 2.04. The van der Waals surface area contributed by atoms with Gasteiger partial charge in [0.05, 0.1) is 27.2 Å². The minimum absolute atomic E-state index is 0.187. The maximum absolute atomic E-state index is 12.1. The fraction of sp³-hybridized carbons (Fsp3) is 0.500. The molecule has 0 aliphatic carbocycles. The van der Waals surface area contributed by atoms with Gasteiger partial charge in [0.2, 0.25) is 5.89 Å². The summed E-state index contributed by atoms with van der Waals surface area (Å²) < 4.78 is 22.4. The van der Waals surface area contributed by atoms with E-state index in [0.29, 0.717) is 22.4 Å². The lowest BCUT2D eigenvalue weighted by Crippen LogP contribution is -1.98. The lowest BCUT2D eigenvalue weighted by atomic mass is 10.4. The Bertz CT molecular complexity index is 565. The summed E-state index contributed by atoms with van der Waals surface area (Å²) in [6.07, 6.45) is 1.53. The van der Waals surface area contributed by atoms with Crippen molar-refractivity contribution in [3.05, 3.63) is 29.8 Å². The second kappa shape index (κ2) is 6.38. The lowest BCUT2D eigenvalue weighted by Gasteiger charge is -2.01. The van der Waals surface area contributed by atoms with Crippen LogP contribution < -0.4 is 0 Å². The van der Waals surface area contributed by atoms with E-state index in [9.17, 15) is 4.21 Å². The molecule has 19 heavy (non-hydrogen) atoms. The standard InChI is InChI=1S/C12H16N2O3S2/c1-4-18-9(3)12-13-11(17-14-12)7-19(15)10-5-6-16-8(10)2/h5-6,9H,4,7H2,1-3H3/t9-,19-/m1/s1. The van der Waals surface area contributed by atoms with Crippen molar-refractivity contribution in [3.63, 3.8) is 0 Å². The lowest BCUT2D eigenvalue weighted by molar-refractivity contribution is 0.384. The third-order valence-corrected chi connectivity index (χ3v) is 5.04. The second-order valence-corrected chi connectivity index (χ2v) is 7.01. The SMILES string of the molecule is CCS[C@H](C)c1noc(C[S@@](=O)c2ccoc2C)n1. The second-order valence-electron chi connectivity index (χ2n) is 3.97. The van der Waals surface area contributed by atoms with Crippen LogP contribution in [0.25, 0.3) is 0 Å². The molecule has 0 bridgehead atoms. The molecule has 0 amide bonds. The topological polar surface area (TPSA) is 69.1 Å². The van der Waals surface area contributed by atoms with Gasteiger partial charge in [0.15, 0.2) is 5.82 Å². The first-order chi connectivity index (χ1) is 9.11. The predicted octanol–water partition coefficient (Wildman–Crippen LogP) is 3.09. The maximum Gasteiger partial charge on any atom is 0.239 e. The number of nitrogens with zero attached hydrogens (tertiary/aromatic N) is 2. The Morgan fingerprint density at radius 2 is 2.32 bits per heavy atom. The Morgan fingerprint density at radius 1 is 1.53 bits per heavy atom. The Labute approximate surface area is 118 Å². The summed E-state index contributed by atoms with van der Waals surface area (Å²) in [5, 5.41) is 4.11. The van der Waals surface area contributed by atoms with Crippen molar-refractivity contribution in [1.82, 2.24) is 10.1 Å². The number of rotatable bonds is 6. The molecule has 0 unspecified atom stereocenters. The van der Waals surface area contributed by atoms with E-state index in [1.807, 2.05) is 6.92 Å². The Hall–Kier alpha value is -1.08. The highest BCUT2D eigenvalue weighted by molar-refractivity contribution is 7.99. The van der Waals surface area contributed by atoms with E-state index in [2.05, 4.69) is 17.1 Å². The van der Waals surface area contributed by atoms with Crippen LogP contribution in [0, 0.1) is 6.92 Å². The van der Waals surface area contributed by atoms with Crippen molar-refractivity contribution in [2.24, 2.45) is 0 Å². The molecule has 0 fully saturated rings. The van der Waals surface area contributed by atoms with Gasteiger partial charge >= 0.3 is 0 Å². The quantitative estimate of drug-likeness (QED) is 0.816. The zero-order valence-electron chi connectivity index (χ0n) is 11.1. The van der Waals surface area contributed by atoms with Gasteiger partial charge in [-0.2, -0.15) is 16.7 Å². The normalized spacial score (nSPS) is 14.5. The Morgan fingerprint density at radius 3 is 2.95 bits per heavy atom. The molecule has 0 saturated heterocycles. The number of furan rings is 1. The van der Waals surface area contributed by atoms with Crippen LogP contribution in [0.2, 0.25) is 0 Å². The maximum atomic E-state index is 12.1.